The van der Waals surface area contributed by atoms with Crippen LogP contribution in [0.1, 0.15) is 13.3 Å². The molecule has 0 aliphatic heterocycles. The minimum absolute atomic E-state index is 0.147. The molecule has 26 heavy (non-hydrogen) atoms. The molecule has 0 aliphatic rings. The summed E-state index contributed by atoms with van der Waals surface area (Å²) in [5.41, 5.74) is 1.50. The lowest BCUT2D eigenvalue weighted by atomic mass is 10.3. The molecule has 0 bridgehead atoms. The fraction of sp³-hybridized carbons (Fsp3) is 0.222. The van der Waals surface area contributed by atoms with Crippen molar-refractivity contribution in [2.24, 2.45) is 0 Å². The Kier molecular flexibility index (Phi) is 6.35. The van der Waals surface area contributed by atoms with Gasteiger partial charge in [0.2, 0.25) is 21.8 Å². The van der Waals surface area contributed by atoms with Crippen LogP contribution in [0.15, 0.2) is 54.6 Å². The number of para-hydroxylation sites is 1. The lowest BCUT2D eigenvalue weighted by Gasteiger charge is -2.17. The Balaban J connectivity index is 1.96. The predicted molar refractivity (Wildman–Crippen MR) is 103 cm³/mol. The second-order valence-electron chi connectivity index (χ2n) is 5.72. The van der Waals surface area contributed by atoms with Gasteiger partial charge in [0.05, 0.1) is 11.4 Å². The minimum atomic E-state index is -3.70. The maximum atomic E-state index is 12.2. The zero-order valence-electron chi connectivity index (χ0n) is 14.6. The number of hydrogen-bond donors (Lipinski definition) is 2. The molecule has 0 saturated heterocycles. The number of benzene rings is 2. The number of anilines is 3. The molecular formula is C18H21N3O4S. The Morgan fingerprint density at radius 2 is 1.65 bits per heavy atom. The van der Waals surface area contributed by atoms with E-state index in [1.165, 1.54) is 17.9 Å². The normalized spacial score (nSPS) is 10.8. The SMILES string of the molecule is CC(=O)Nc1cccc(NS(=O)(=O)CCC(=O)N(C)c2ccccc2)c1. The molecule has 2 aromatic rings. The standard InChI is InChI=1S/C18H21N3O4S/c1-14(22)19-15-7-6-8-16(13-15)20-26(24,25)12-11-18(23)21(2)17-9-4-3-5-10-17/h3-10,13,20H,11-12H2,1-2H3,(H,19,22). The van der Waals surface area contributed by atoms with E-state index in [9.17, 15) is 18.0 Å². The van der Waals surface area contributed by atoms with E-state index < -0.39 is 10.0 Å². The van der Waals surface area contributed by atoms with Crippen molar-refractivity contribution < 1.29 is 18.0 Å². The highest BCUT2D eigenvalue weighted by molar-refractivity contribution is 7.92. The third-order valence-electron chi connectivity index (χ3n) is 3.56. The summed E-state index contributed by atoms with van der Waals surface area (Å²) in [6, 6.07) is 15.4. The smallest absolute Gasteiger partial charge is 0.233 e. The molecule has 0 unspecified atom stereocenters. The number of nitrogens with one attached hydrogen (secondary N) is 2. The van der Waals surface area contributed by atoms with Gasteiger partial charge in [-0.15, -0.1) is 0 Å². The molecule has 0 atom stereocenters. The Bertz CT molecular complexity index is 882. The predicted octanol–water partition coefficient (Wildman–Crippen LogP) is 2.44. The van der Waals surface area contributed by atoms with Crippen molar-refractivity contribution >= 4 is 38.9 Å². The number of carbonyl (C=O) groups excluding carboxylic acids is 2. The Morgan fingerprint density at radius 3 is 2.31 bits per heavy atom. The topological polar surface area (TPSA) is 95.6 Å². The van der Waals surface area contributed by atoms with Crippen LogP contribution >= 0.6 is 0 Å². The van der Waals surface area contributed by atoms with Gasteiger partial charge in [-0.1, -0.05) is 24.3 Å². The molecule has 0 radical (unpaired) electrons. The van der Waals surface area contributed by atoms with Crippen LogP contribution in [-0.4, -0.2) is 33.0 Å². The van der Waals surface area contributed by atoms with E-state index in [0.717, 1.165) is 0 Å². The average molecular weight is 375 g/mol. The summed E-state index contributed by atoms with van der Waals surface area (Å²) in [5.74, 6) is -0.888. The van der Waals surface area contributed by atoms with Crippen LogP contribution in [0.5, 0.6) is 0 Å². The van der Waals surface area contributed by atoms with Gasteiger partial charge in [-0.25, -0.2) is 8.42 Å². The fourth-order valence-electron chi connectivity index (χ4n) is 2.28. The summed E-state index contributed by atoms with van der Waals surface area (Å²) >= 11 is 0. The van der Waals surface area contributed by atoms with Crippen molar-refractivity contribution in [1.29, 1.82) is 0 Å². The van der Waals surface area contributed by atoms with E-state index in [1.54, 1.807) is 49.5 Å². The fourth-order valence-corrected chi connectivity index (χ4v) is 3.31. The summed E-state index contributed by atoms with van der Waals surface area (Å²) in [4.78, 5) is 24.7. The largest absolute Gasteiger partial charge is 0.326 e. The molecule has 2 amide bonds. The molecule has 2 rings (SSSR count). The number of rotatable bonds is 7. The number of hydrogen-bond acceptors (Lipinski definition) is 4. The van der Waals surface area contributed by atoms with Gasteiger partial charge in [0.15, 0.2) is 0 Å². The first-order valence-electron chi connectivity index (χ1n) is 7.96. The van der Waals surface area contributed by atoms with Crippen LogP contribution in [0.2, 0.25) is 0 Å². The van der Waals surface area contributed by atoms with Crippen molar-refractivity contribution in [1.82, 2.24) is 0 Å². The molecule has 2 aromatic carbocycles. The molecule has 0 aliphatic carbocycles. The van der Waals surface area contributed by atoms with Gasteiger partial charge in [0, 0.05) is 31.8 Å². The summed E-state index contributed by atoms with van der Waals surface area (Å²) in [5, 5.41) is 2.58. The third kappa shape index (κ3) is 5.89. The maximum Gasteiger partial charge on any atom is 0.233 e. The molecule has 0 heterocycles. The second-order valence-corrected chi connectivity index (χ2v) is 7.56. The summed E-state index contributed by atoms with van der Waals surface area (Å²) in [6.45, 7) is 1.37. The quantitative estimate of drug-likeness (QED) is 0.777. The number of nitrogens with zero attached hydrogens (tertiary/aromatic N) is 1. The van der Waals surface area contributed by atoms with E-state index in [2.05, 4.69) is 10.0 Å². The molecule has 7 nitrogen and oxygen atoms in total. The first-order valence-corrected chi connectivity index (χ1v) is 9.62. The maximum absolute atomic E-state index is 12.2. The third-order valence-corrected chi connectivity index (χ3v) is 4.85. The monoisotopic (exact) mass is 375 g/mol. The Labute approximate surface area is 153 Å². The summed E-state index contributed by atoms with van der Waals surface area (Å²) in [7, 11) is -2.10. The molecule has 0 spiro atoms. The van der Waals surface area contributed by atoms with E-state index in [4.69, 9.17) is 0 Å². The van der Waals surface area contributed by atoms with Gasteiger partial charge >= 0.3 is 0 Å². The number of sulfonamides is 1. The Morgan fingerprint density at radius 1 is 1.00 bits per heavy atom. The lowest BCUT2D eigenvalue weighted by Crippen LogP contribution is -2.29. The van der Waals surface area contributed by atoms with E-state index in [-0.39, 0.29) is 24.0 Å². The van der Waals surface area contributed by atoms with Gasteiger partial charge in [-0.05, 0) is 30.3 Å². The Hall–Kier alpha value is -2.87. The van der Waals surface area contributed by atoms with Crippen molar-refractivity contribution in [3.63, 3.8) is 0 Å². The first kappa shape index (κ1) is 19.5. The van der Waals surface area contributed by atoms with Crippen LogP contribution in [0, 0.1) is 0 Å². The highest BCUT2D eigenvalue weighted by Crippen LogP contribution is 2.17. The zero-order valence-corrected chi connectivity index (χ0v) is 15.4. The molecular weight excluding hydrogens is 354 g/mol. The van der Waals surface area contributed by atoms with Crippen molar-refractivity contribution in [3.05, 3.63) is 54.6 Å². The highest BCUT2D eigenvalue weighted by Gasteiger charge is 2.17. The van der Waals surface area contributed by atoms with Gasteiger partial charge in [0.25, 0.3) is 0 Å². The van der Waals surface area contributed by atoms with Crippen LogP contribution < -0.4 is 14.9 Å². The number of amides is 2. The molecule has 0 saturated carbocycles. The average Bonchev–Trinajstić information content (AvgIpc) is 2.59. The minimum Gasteiger partial charge on any atom is -0.326 e. The molecule has 0 aromatic heterocycles. The van der Waals surface area contributed by atoms with Crippen LogP contribution in [0.3, 0.4) is 0 Å². The van der Waals surface area contributed by atoms with E-state index in [0.29, 0.717) is 17.1 Å². The molecule has 138 valence electrons. The van der Waals surface area contributed by atoms with Crippen molar-refractivity contribution in [2.45, 2.75) is 13.3 Å². The van der Waals surface area contributed by atoms with Crippen molar-refractivity contribution in [2.75, 3.05) is 27.7 Å². The zero-order chi connectivity index (χ0) is 19.2. The van der Waals surface area contributed by atoms with Gasteiger partial charge in [-0.2, -0.15) is 0 Å². The molecule has 8 heteroatoms. The van der Waals surface area contributed by atoms with Gasteiger partial charge in [0.1, 0.15) is 0 Å². The van der Waals surface area contributed by atoms with Crippen molar-refractivity contribution in [3.8, 4) is 0 Å². The van der Waals surface area contributed by atoms with Gasteiger partial charge < -0.3 is 10.2 Å². The second kappa shape index (κ2) is 8.48. The lowest BCUT2D eigenvalue weighted by molar-refractivity contribution is -0.118. The molecule has 0 fully saturated rings. The summed E-state index contributed by atoms with van der Waals surface area (Å²) in [6.07, 6.45) is -0.147. The van der Waals surface area contributed by atoms with Crippen LogP contribution in [0.25, 0.3) is 0 Å². The van der Waals surface area contributed by atoms with E-state index in [1.807, 2.05) is 6.07 Å². The first-order chi connectivity index (χ1) is 12.3. The van der Waals surface area contributed by atoms with Gasteiger partial charge in [-0.3, -0.25) is 14.3 Å². The highest BCUT2D eigenvalue weighted by atomic mass is 32.2. The summed E-state index contributed by atoms with van der Waals surface area (Å²) < 4.78 is 26.9. The molecule has 2 N–H and O–H groups in total. The number of carbonyl (C=O) groups is 2. The van der Waals surface area contributed by atoms with E-state index >= 15 is 0 Å². The van der Waals surface area contributed by atoms with Crippen LogP contribution in [-0.2, 0) is 19.6 Å². The van der Waals surface area contributed by atoms with Crippen LogP contribution in [0.4, 0.5) is 17.1 Å².